The number of aliphatic hydroxyl groups excluding tert-OH is 2. The van der Waals surface area contributed by atoms with E-state index >= 15 is 0 Å². The van der Waals surface area contributed by atoms with Crippen LogP contribution in [0.2, 0.25) is 5.15 Å². The second-order valence-corrected chi connectivity index (χ2v) is 21.8. The van der Waals surface area contributed by atoms with E-state index in [1.807, 2.05) is 106 Å². The van der Waals surface area contributed by atoms with Crippen LogP contribution in [0.1, 0.15) is 57.8 Å². The van der Waals surface area contributed by atoms with Crippen molar-refractivity contribution in [2.45, 2.75) is 40.4 Å². The molecule has 3 aromatic carbocycles. The molecule has 0 spiro atoms. The molecule has 0 saturated carbocycles. The van der Waals surface area contributed by atoms with E-state index in [1.54, 1.807) is 70.6 Å². The summed E-state index contributed by atoms with van der Waals surface area (Å²) in [6.45, 7) is 6.28. The number of Topliss-reactive ketones (excluding diaryl/α,β-unsaturated/α-hetero) is 1. The zero-order valence-electron chi connectivity index (χ0n) is 50.0. The Hall–Kier alpha value is -11.1. The van der Waals surface area contributed by atoms with Gasteiger partial charge in [0.05, 0.1) is 73.0 Å². The average Bonchev–Trinajstić information content (AvgIpc) is 1.82. The van der Waals surface area contributed by atoms with Gasteiger partial charge in [0.1, 0.15) is 34.2 Å². The van der Waals surface area contributed by atoms with Crippen molar-refractivity contribution in [3.05, 3.63) is 240 Å². The number of nitrogens with two attached hydrogens (primary N) is 1. The number of benzene rings is 3. The van der Waals surface area contributed by atoms with Crippen LogP contribution in [0.25, 0.3) is 83.4 Å². The van der Waals surface area contributed by atoms with Gasteiger partial charge in [-0.2, -0.15) is 24.3 Å². The van der Waals surface area contributed by atoms with Gasteiger partial charge in [-0.15, -0.1) is 0 Å². The first-order valence-corrected chi connectivity index (χ1v) is 30.1. The monoisotopic (exact) mass is 1340 g/mol. The van der Waals surface area contributed by atoms with Crippen LogP contribution in [-0.4, -0.2) is 109 Å². The van der Waals surface area contributed by atoms with Crippen molar-refractivity contribution < 1.29 is 50.7 Å². The number of halogens is 4. The fourth-order valence-electron chi connectivity index (χ4n) is 10.3. The molecule has 0 aliphatic rings. The number of nitrogens with zero attached hydrogens (tertiary/aromatic N) is 12. The van der Waals surface area contributed by atoms with Gasteiger partial charge in [0.2, 0.25) is 0 Å². The fourth-order valence-corrected chi connectivity index (χ4v) is 10.5. The van der Waals surface area contributed by atoms with Gasteiger partial charge in [0.25, 0.3) is 0 Å². The summed E-state index contributed by atoms with van der Waals surface area (Å²) in [6.07, 6.45) is 17.2. The molecule has 0 aliphatic heterocycles. The van der Waals surface area contributed by atoms with Crippen molar-refractivity contribution in [2.75, 3.05) is 30.3 Å². The number of hydrogen-bond acceptors (Lipinski definition) is 17. The number of carbonyl (C=O) groups excluding carboxylic acids is 1. The third kappa shape index (κ3) is 15.1. The van der Waals surface area contributed by atoms with Crippen LogP contribution in [0.5, 0.6) is 0 Å². The molecular formula is C67H60ClF3MnN18O5. The number of aliphatic hydroxyl groups is 2. The van der Waals surface area contributed by atoms with E-state index in [0.717, 1.165) is 79.1 Å². The van der Waals surface area contributed by atoms with Crippen LogP contribution in [0.4, 0.5) is 24.8 Å². The van der Waals surface area contributed by atoms with Gasteiger partial charge in [0.15, 0.2) is 22.7 Å². The molecule has 15 rings (SSSR count). The number of H-pyrrole nitrogens is 3. The third-order valence-electron chi connectivity index (χ3n) is 14.9. The van der Waals surface area contributed by atoms with E-state index in [1.165, 1.54) is 22.7 Å². The predicted octanol–water partition coefficient (Wildman–Crippen LogP) is 12.3. The van der Waals surface area contributed by atoms with E-state index in [0.29, 0.717) is 73.1 Å². The predicted molar refractivity (Wildman–Crippen MR) is 351 cm³/mol. The van der Waals surface area contributed by atoms with Gasteiger partial charge in [-0.1, -0.05) is 73.6 Å². The van der Waals surface area contributed by atoms with Gasteiger partial charge in [-0.05, 0) is 57.2 Å². The number of fused-ring (bicyclic) bond motifs is 6. The average molecular weight is 1340 g/mol. The Morgan fingerprint density at radius 3 is 1.40 bits per heavy atom. The van der Waals surface area contributed by atoms with E-state index in [9.17, 15) is 28.2 Å². The van der Waals surface area contributed by atoms with Crippen molar-refractivity contribution in [2.24, 2.45) is 5.73 Å². The van der Waals surface area contributed by atoms with E-state index < -0.39 is 44.5 Å². The normalized spacial score (nSPS) is 11.6. The second kappa shape index (κ2) is 30.1. The molecule has 2 atom stereocenters. The molecule has 28 heteroatoms. The number of aryl methyl sites for hydroxylation is 3. The second-order valence-electron chi connectivity index (χ2n) is 21.2. The maximum atomic E-state index is 13.7. The van der Waals surface area contributed by atoms with E-state index in [2.05, 4.69) is 70.8 Å². The number of carbonyl (C=O) groups is 1. The number of para-hydroxylation sites is 3. The zero-order chi connectivity index (χ0) is 66.0. The Balaban J connectivity index is 0.000000142. The summed E-state index contributed by atoms with van der Waals surface area (Å²) in [5, 5.41) is 42.9. The van der Waals surface area contributed by atoms with Gasteiger partial charge in [0, 0.05) is 151 Å². The standard InChI is InChI=1S/C22H19FN6O.C22H17FN6O.C12H8ClFN4.C10H12N2O.CH4.Mn.2O/c2*1-13-8-27-29-21(7-19(28-22(13)29)14-6-15(23)10-24-9-14)26-12-20(30)17-11-25-18-5-3-2-4-16(17)18;1-7-4-16-18-11(13)3-10(17-12(7)18)8-2-9(14)6-15-5-8;11-5-10(13)8-6-12-9-4-2-1-3-7(8)9;;;;/h2-11,20,25-26,30H,12H2,1H3;2-11,25-26H,12H2,1H3;2-6H,1H3;1-4,6,10,12-13H,5,11H2;1H4;;;. The molecule has 0 saturated heterocycles. The molecule has 15 aromatic rings. The number of anilines is 2. The maximum absolute atomic E-state index is 13.7. The molecule has 12 heterocycles. The summed E-state index contributed by atoms with van der Waals surface area (Å²) >= 11 is 4.67. The van der Waals surface area contributed by atoms with Crippen LogP contribution < -0.4 is 16.4 Å². The van der Waals surface area contributed by atoms with Crippen LogP contribution in [0.3, 0.4) is 0 Å². The van der Waals surface area contributed by atoms with E-state index in [4.69, 9.17) is 25.0 Å². The summed E-state index contributed by atoms with van der Waals surface area (Å²) in [5.41, 5.74) is 18.6. The first-order valence-electron chi connectivity index (χ1n) is 28.8. The molecule has 95 heavy (non-hydrogen) atoms. The number of rotatable bonds is 13. The van der Waals surface area contributed by atoms with Crippen LogP contribution >= 0.6 is 11.6 Å². The van der Waals surface area contributed by atoms with Crippen molar-refractivity contribution in [3.63, 3.8) is 0 Å². The Morgan fingerprint density at radius 1 is 0.547 bits per heavy atom. The SMILES string of the molecule is C.Cc1cnn2c(Cl)cc(-c3cncc(F)c3)nc12.Cc1cnn2c(NCC(=O)c3c[nH]c4ccccc34)cc(-c3cncc(F)c3)nc12.Cc1cnn2c(NCC(O)c3c[nH]c4ccccc34)cc(-c3cncc(F)c3)nc12.NCC(O)c1c[nH]c2ccccc12.[O]=[Mn]=[O]. The number of aromatic amines is 3. The molecule has 0 bridgehead atoms. The molecular weight excluding hydrogens is 1280 g/mol. The molecule has 2 unspecified atom stereocenters. The van der Waals surface area contributed by atoms with Crippen LogP contribution in [0, 0.1) is 38.2 Å². The molecule has 0 aliphatic carbocycles. The summed E-state index contributed by atoms with van der Waals surface area (Å²) in [7, 11) is 0. The van der Waals surface area contributed by atoms with Crippen LogP contribution in [-0.2, 0) is 22.5 Å². The Labute approximate surface area is 549 Å². The molecule has 9 N–H and O–H groups in total. The molecule has 23 nitrogen and oxygen atoms in total. The number of ketones is 1. The van der Waals surface area contributed by atoms with Crippen molar-refractivity contribution in [1.82, 2.24) is 73.7 Å². The Bertz CT molecular complexity index is 5240. The van der Waals surface area contributed by atoms with Crippen molar-refractivity contribution in [1.29, 1.82) is 0 Å². The zero-order valence-corrected chi connectivity index (χ0v) is 52.0. The number of nitrogens with one attached hydrogen (secondary N) is 5. The van der Waals surface area contributed by atoms with Crippen LogP contribution in [0.15, 0.2) is 184 Å². The number of hydrogen-bond donors (Lipinski definition) is 8. The number of pyridine rings is 3. The molecule has 0 fully saturated rings. The third-order valence-corrected chi connectivity index (χ3v) is 15.2. The first kappa shape index (κ1) is 66.8. The molecule has 483 valence electrons. The Morgan fingerprint density at radius 2 is 0.937 bits per heavy atom. The fraction of sp³-hybridized carbons (Fsp3) is 0.134. The first-order chi connectivity index (χ1) is 45.6. The van der Waals surface area contributed by atoms with Gasteiger partial charge < -0.3 is 41.5 Å². The Kier molecular flexibility index (Phi) is 21.2. The quantitative estimate of drug-likeness (QED) is 0.0302. The summed E-state index contributed by atoms with van der Waals surface area (Å²) in [6, 6.07) is 32.6. The minimum absolute atomic E-state index is 0. The van der Waals surface area contributed by atoms with Gasteiger partial charge >= 0.3 is 22.5 Å². The summed E-state index contributed by atoms with van der Waals surface area (Å²) < 4.78 is 62.1. The minimum atomic E-state index is -1.44. The van der Waals surface area contributed by atoms with Crippen molar-refractivity contribution in [3.8, 4) is 33.8 Å². The molecule has 0 radical (unpaired) electrons. The van der Waals surface area contributed by atoms with Gasteiger partial charge in [-0.25, -0.2) is 32.6 Å². The summed E-state index contributed by atoms with van der Waals surface area (Å²) in [4.78, 5) is 47.5. The molecule has 12 aromatic heterocycles. The molecule has 0 amide bonds. The van der Waals surface area contributed by atoms with Crippen molar-refractivity contribution >= 4 is 78.7 Å². The number of aromatic nitrogens is 15. The topological polar surface area (TPSA) is 318 Å². The van der Waals surface area contributed by atoms with E-state index in [-0.39, 0.29) is 32.8 Å². The summed E-state index contributed by atoms with van der Waals surface area (Å²) in [5.74, 6) is -0.107. The van der Waals surface area contributed by atoms with Gasteiger partial charge in [-0.3, -0.25) is 19.7 Å².